The molecular formula is C15H16INO. The van der Waals surface area contributed by atoms with Gasteiger partial charge in [0.25, 0.3) is 0 Å². The maximum absolute atomic E-state index is 5.32. The Kier molecular flexibility index (Phi) is 5.01. The number of para-hydroxylation sites is 1. The monoisotopic (exact) mass is 353 g/mol. The average molecular weight is 353 g/mol. The van der Waals surface area contributed by atoms with Gasteiger partial charge < -0.3 is 10.1 Å². The van der Waals surface area contributed by atoms with Crippen LogP contribution in [0.1, 0.15) is 11.1 Å². The van der Waals surface area contributed by atoms with E-state index in [0.717, 1.165) is 18.8 Å². The summed E-state index contributed by atoms with van der Waals surface area (Å²) in [6, 6.07) is 16.6. The number of ether oxygens (including phenoxy) is 1. The predicted octanol–water partition coefficient (Wildman–Crippen LogP) is 3.59. The summed E-state index contributed by atoms with van der Waals surface area (Å²) in [5.74, 6) is 0.938. The Balaban J connectivity index is 1.90. The number of nitrogens with one attached hydrogen (secondary N) is 1. The highest BCUT2D eigenvalue weighted by Crippen LogP contribution is 2.16. The maximum Gasteiger partial charge on any atom is 0.123 e. The van der Waals surface area contributed by atoms with Crippen molar-refractivity contribution in [2.24, 2.45) is 0 Å². The lowest BCUT2D eigenvalue weighted by atomic mass is 10.2. The quantitative estimate of drug-likeness (QED) is 0.830. The van der Waals surface area contributed by atoms with Crippen LogP contribution in [-0.4, -0.2) is 7.11 Å². The molecule has 0 amide bonds. The summed E-state index contributed by atoms with van der Waals surface area (Å²) >= 11 is 2.32. The van der Waals surface area contributed by atoms with Crippen LogP contribution in [0.5, 0.6) is 5.75 Å². The lowest BCUT2D eigenvalue weighted by Gasteiger charge is -2.09. The molecule has 94 valence electrons. The van der Waals surface area contributed by atoms with Crippen LogP contribution in [0.4, 0.5) is 0 Å². The number of methoxy groups -OCH3 is 1. The molecule has 2 aromatic carbocycles. The van der Waals surface area contributed by atoms with E-state index in [2.05, 4.69) is 58.2 Å². The van der Waals surface area contributed by atoms with Crippen LogP contribution in [0.25, 0.3) is 0 Å². The van der Waals surface area contributed by atoms with Crippen molar-refractivity contribution in [3.05, 3.63) is 63.2 Å². The van der Waals surface area contributed by atoms with E-state index in [-0.39, 0.29) is 0 Å². The summed E-state index contributed by atoms with van der Waals surface area (Å²) in [6.45, 7) is 1.69. The van der Waals surface area contributed by atoms with Gasteiger partial charge in [-0.05, 0) is 46.4 Å². The second-order valence-electron chi connectivity index (χ2n) is 4.04. The Morgan fingerprint density at radius 3 is 2.44 bits per heavy atom. The lowest BCUT2D eigenvalue weighted by Crippen LogP contribution is -2.13. The SMILES string of the molecule is COc1ccccc1CNCc1ccc(I)cc1. The summed E-state index contributed by atoms with van der Waals surface area (Å²) < 4.78 is 6.59. The summed E-state index contributed by atoms with van der Waals surface area (Å²) in [5, 5.41) is 3.43. The first-order chi connectivity index (χ1) is 8.79. The molecular weight excluding hydrogens is 337 g/mol. The normalized spacial score (nSPS) is 10.3. The van der Waals surface area contributed by atoms with Crippen LogP contribution in [0.2, 0.25) is 0 Å². The van der Waals surface area contributed by atoms with Crippen LogP contribution in [0.15, 0.2) is 48.5 Å². The zero-order chi connectivity index (χ0) is 12.8. The third-order valence-electron chi connectivity index (χ3n) is 2.75. The highest BCUT2D eigenvalue weighted by molar-refractivity contribution is 14.1. The number of hydrogen-bond donors (Lipinski definition) is 1. The fraction of sp³-hybridized carbons (Fsp3) is 0.200. The van der Waals surface area contributed by atoms with Gasteiger partial charge in [0.05, 0.1) is 7.11 Å². The molecule has 0 radical (unpaired) electrons. The van der Waals surface area contributed by atoms with Gasteiger partial charge in [0.2, 0.25) is 0 Å². The zero-order valence-electron chi connectivity index (χ0n) is 10.3. The van der Waals surface area contributed by atoms with Gasteiger partial charge >= 0.3 is 0 Å². The molecule has 0 aliphatic heterocycles. The van der Waals surface area contributed by atoms with E-state index < -0.39 is 0 Å². The number of hydrogen-bond acceptors (Lipinski definition) is 2. The standard InChI is InChI=1S/C15H16INO/c1-18-15-5-3-2-4-13(15)11-17-10-12-6-8-14(16)9-7-12/h2-9,17H,10-11H2,1H3. The van der Waals surface area contributed by atoms with Crippen molar-refractivity contribution < 1.29 is 4.74 Å². The molecule has 0 saturated heterocycles. The van der Waals surface area contributed by atoms with Gasteiger partial charge in [-0.25, -0.2) is 0 Å². The Morgan fingerprint density at radius 1 is 1.00 bits per heavy atom. The van der Waals surface area contributed by atoms with Crippen LogP contribution >= 0.6 is 22.6 Å². The van der Waals surface area contributed by atoms with Crippen LogP contribution in [0, 0.1) is 3.57 Å². The minimum Gasteiger partial charge on any atom is -0.496 e. The Hall–Kier alpha value is -1.07. The van der Waals surface area contributed by atoms with E-state index in [1.807, 2.05) is 18.2 Å². The summed E-state index contributed by atoms with van der Waals surface area (Å²) in [4.78, 5) is 0. The summed E-state index contributed by atoms with van der Waals surface area (Å²) in [5.41, 5.74) is 2.48. The number of halogens is 1. The van der Waals surface area contributed by atoms with Gasteiger partial charge in [-0.3, -0.25) is 0 Å². The highest BCUT2D eigenvalue weighted by atomic mass is 127. The van der Waals surface area contributed by atoms with E-state index >= 15 is 0 Å². The first kappa shape index (κ1) is 13.4. The molecule has 2 aromatic rings. The molecule has 0 atom stereocenters. The first-order valence-electron chi connectivity index (χ1n) is 5.86. The lowest BCUT2D eigenvalue weighted by molar-refractivity contribution is 0.407. The van der Waals surface area contributed by atoms with Crippen molar-refractivity contribution in [2.75, 3.05) is 7.11 Å². The molecule has 0 aliphatic rings. The molecule has 0 bridgehead atoms. The summed E-state index contributed by atoms with van der Waals surface area (Å²) in [7, 11) is 1.71. The van der Waals surface area contributed by atoms with Gasteiger partial charge in [-0.1, -0.05) is 30.3 Å². The van der Waals surface area contributed by atoms with Crippen LogP contribution in [0.3, 0.4) is 0 Å². The van der Waals surface area contributed by atoms with E-state index in [0.29, 0.717) is 0 Å². The second-order valence-corrected chi connectivity index (χ2v) is 5.29. The Morgan fingerprint density at radius 2 is 1.72 bits per heavy atom. The summed E-state index contributed by atoms with van der Waals surface area (Å²) in [6.07, 6.45) is 0. The van der Waals surface area contributed by atoms with Gasteiger partial charge in [0.1, 0.15) is 5.75 Å². The fourth-order valence-corrected chi connectivity index (χ4v) is 2.15. The molecule has 2 rings (SSSR count). The fourth-order valence-electron chi connectivity index (χ4n) is 1.79. The zero-order valence-corrected chi connectivity index (χ0v) is 12.5. The third kappa shape index (κ3) is 3.71. The third-order valence-corrected chi connectivity index (χ3v) is 3.47. The minimum absolute atomic E-state index is 0.815. The van der Waals surface area contributed by atoms with E-state index in [9.17, 15) is 0 Å². The molecule has 0 aromatic heterocycles. The van der Waals surface area contributed by atoms with Crippen molar-refractivity contribution in [2.45, 2.75) is 13.1 Å². The molecule has 2 nitrogen and oxygen atoms in total. The second kappa shape index (κ2) is 6.75. The first-order valence-corrected chi connectivity index (χ1v) is 6.94. The smallest absolute Gasteiger partial charge is 0.123 e. The van der Waals surface area contributed by atoms with Crippen LogP contribution < -0.4 is 10.1 Å². The highest BCUT2D eigenvalue weighted by Gasteiger charge is 2.00. The van der Waals surface area contributed by atoms with Crippen molar-refractivity contribution in [1.29, 1.82) is 0 Å². The molecule has 0 fully saturated rings. The molecule has 0 unspecified atom stereocenters. The topological polar surface area (TPSA) is 21.3 Å². The van der Waals surface area contributed by atoms with E-state index in [1.54, 1.807) is 7.11 Å². The van der Waals surface area contributed by atoms with E-state index in [4.69, 9.17) is 4.74 Å². The van der Waals surface area contributed by atoms with Crippen molar-refractivity contribution in [3.8, 4) is 5.75 Å². The number of benzene rings is 2. The molecule has 0 saturated carbocycles. The average Bonchev–Trinajstić information content (AvgIpc) is 2.41. The maximum atomic E-state index is 5.32. The van der Waals surface area contributed by atoms with Crippen LogP contribution in [-0.2, 0) is 13.1 Å². The molecule has 1 N–H and O–H groups in total. The largest absolute Gasteiger partial charge is 0.496 e. The number of rotatable bonds is 5. The van der Waals surface area contributed by atoms with Crippen molar-refractivity contribution in [1.82, 2.24) is 5.32 Å². The van der Waals surface area contributed by atoms with Gasteiger partial charge in [0, 0.05) is 22.2 Å². The van der Waals surface area contributed by atoms with Gasteiger partial charge in [-0.15, -0.1) is 0 Å². The Labute approximate surface area is 122 Å². The molecule has 3 heteroatoms. The van der Waals surface area contributed by atoms with Crippen molar-refractivity contribution >= 4 is 22.6 Å². The van der Waals surface area contributed by atoms with Gasteiger partial charge in [-0.2, -0.15) is 0 Å². The molecule has 0 spiro atoms. The van der Waals surface area contributed by atoms with Crippen molar-refractivity contribution in [3.63, 3.8) is 0 Å². The van der Waals surface area contributed by atoms with E-state index in [1.165, 1.54) is 14.7 Å². The molecule has 0 aliphatic carbocycles. The predicted molar refractivity (Wildman–Crippen MR) is 82.7 cm³/mol. The Bertz CT molecular complexity index is 496. The molecule has 18 heavy (non-hydrogen) atoms. The minimum atomic E-state index is 0.815. The van der Waals surface area contributed by atoms with Gasteiger partial charge in [0.15, 0.2) is 0 Å². The molecule has 0 heterocycles.